The molecule has 4 rings (SSSR count). The largest absolute Gasteiger partial charge is 0.497 e. The average Bonchev–Trinajstić information content (AvgIpc) is 3.21. The van der Waals surface area contributed by atoms with E-state index in [1.165, 1.54) is 5.56 Å². The van der Waals surface area contributed by atoms with Crippen molar-refractivity contribution in [3.8, 4) is 5.75 Å². The zero-order valence-corrected chi connectivity index (χ0v) is 19.3. The summed E-state index contributed by atoms with van der Waals surface area (Å²) in [6.07, 6.45) is 0.868. The minimum absolute atomic E-state index is 0.0623. The van der Waals surface area contributed by atoms with Crippen LogP contribution < -0.4 is 4.74 Å². The van der Waals surface area contributed by atoms with Crippen LogP contribution in [0.4, 0.5) is 0 Å². The summed E-state index contributed by atoms with van der Waals surface area (Å²) >= 11 is 0. The van der Waals surface area contributed by atoms with Crippen LogP contribution in [0.5, 0.6) is 5.75 Å². The molecule has 1 aliphatic rings. The highest BCUT2D eigenvalue weighted by Gasteiger charge is 2.36. The SMILES string of the molecule is COc1ccc([C@H]2[C@H](COS(=O)(=O)c3ccc(C)cc3)CCN2Cc2ccccc2)cc1. The zero-order valence-electron chi connectivity index (χ0n) is 18.5. The lowest BCUT2D eigenvalue weighted by Crippen LogP contribution is -2.27. The van der Waals surface area contributed by atoms with Gasteiger partial charge in [-0.1, -0.05) is 60.2 Å². The van der Waals surface area contributed by atoms with Gasteiger partial charge in [0.15, 0.2) is 0 Å². The van der Waals surface area contributed by atoms with Gasteiger partial charge in [-0.25, -0.2) is 0 Å². The standard InChI is InChI=1S/C26H29NO4S/c1-20-8-14-25(15-9-20)32(28,29)31-19-23-16-17-27(18-21-6-4-3-5-7-21)26(23)22-10-12-24(30-2)13-11-22/h3-15,23,26H,16-19H2,1-2H3/t23-,26-/m0/s1. The second kappa shape index (κ2) is 9.86. The zero-order chi connectivity index (χ0) is 22.6. The van der Waals surface area contributed by atoms with Gasteiger partial charge in [0, 0.05) is 18.5 Å². The molecule has 1 fully saturated rings. The number of benzene rings is 3. The van der Waals surface area contributed by atoms with E-state index >= 15 is 0 Å². The van der Waals surface area contributed by atoms with Crippen molar-refractivity contribution in [1.29, 1.82) is 0 Å². The van der Waals surface area contributed by atoms with Crippen molar-refractivity contribution in [3.63, 3.8) is 0 Å². The molecule has 0 radical (unpaired) electrons. The summed E-state index contributed by atoms with van der Waals surface area (Å²) in [5.41, 5.74) is 3.39. The molecule has 1 saturated heterocycles. The third kappa shape index (κ3) is 5.21. The van der Waals surface area contributed by atoms with Gasteiger partial charge in [0.25, 0.3) is 10.1 Å². The van der Waals surface area contributed by atoms with E-state index in [9.17, 15) is 8.42 Å². The average molecular weight is 452 g/mol. The lowest BCUT2D eigenvalue weighted by molar-refractivity contribution is 0.177. The lowest BCUT2D eigenvalue weighted by Gasteiger charge is -2.29. The molecule has 6 heteroatoms. The van der Waals surface area contributed by atoms with Crippen molar-refractivity contribution < 1.29 is 17.3 Å². The number of ether oxygens (including phenoxy) is 1. The fourth-order valence-corrected chi connectivity index (χ4v) is 5.29. The fourth-order valence-electron chi connectivity index (χ4n) is 4.33. The third-order valence-corrected chi connectivity index (χ3v) is 7.36. The second-order valence-electron chi connectivity index (χ2n) is 8.27. The molecule has 5 nitrogen and oxygen atoms in total. The van der Waals surface area contributed by atoms with E-state index in [2.05, 4.69) is 29.2 Å². The van der Waals surface area contributed by atoms with Gasteiger partial charge in [0.2, 0.25) is 0 Å². The minimum atomic E-state index is -3.80. The number of likely N-dealkylation sites (tertiary alicyclic amines) is 1. The first kappa shape index (κ1) is 22.5. The van der Waals surface area contributed by atoms with Crippen molar-refractivity contribution in [3.05, 3.63) is 95.6 Å². The van der Waals surface area contributed by atoms with E-state index in [0.29, 0.717) is 0 Å². The quantitative estimate of drug-likeness (QED) is 0.453. The molecule has 1 aliphatic heterocycles. The normalized spacial score (nSPS) is 19.2. The van der Waals surface area contributed by atoms with E-state index in [1.807, 2.05) is 37.3 Å². The van der Waals surface area contributed by atoms with Crippen LogP contribution in [0.3, 0.4) is 0 Å². The molecule has 0 bridgehead atoms. The highest BCUT2D eigenvalue weighted by Crippen LogP contribution is 2.39. The van der Waals surface area contributed by atoms with Crippen LogP contribution in [0.2, 0.25) is 0 Å². The van der Waals surface area contributed by atoms with Crippen molar-refractivity contribution in [2.75, 3.05) is 20.3 Å². The van der Waals surface area contributed by atoms with Gasteiger partial charge in [-0.15, -0.1) is 0 Å². The Kier molecular flexibility index (Phi) is 6.94. The highest BCUT2D eigenvalue weighted by atomic mass is 32.2. The van der Waals surface area contributed by atoms with Crippen LogP contribution in [-0.2, 0) is 20.8 Å². The molecule has 0 spiro atoms. The number of aryl methyl sites for hydroxylation is 1. The van der Waals surface area contributed by atoms with Gasteiger partial charge < -0.3 is 4.74 Å². The molecular formula is C26H29NO4S. The summed E-state index contributed by atoms with van der Waals surface area (Å²) in [4.78, 5) is 2.60. The second-order valence-corrected chi connectivity index (χ2v) is 9.89. The maximum absolute atomic E-state index is 12.7. The lowest BCUT2D eigenvalue weighted by atomic mass is 9.94. The predicted octanol–water partition coefficient (Wildman–Crippen LogP) is 4.97. The van der Waals surface area contributed by atoms with E-state index in [0.717, 1.165) is 36.4 Å². The molecule has 0 unspecified atom stereocenters. The topological polar surface area (TPSA) is 55.8 Å². The molecule has 0 amide bonds. The Balaban J connectivity index is 1.54. The fraction of sp³-hybridized carbons (Fsp3) is 0.308. The predicted molar refractivity (Wildman–Crippen MR) is 125 cm³/mol. The van der Waals surface area contributed by atoms with Gasteiger partial charge in [0.05, 0.1) is 18.6 Å². The summed E-state index contributed by atoms with van der Waals surface area (Å²) < 4.78 is 36.4. The Bertz CT molecular complexity index is 1110. The molecule has 1 heterocycles. The van der Waals surface area contributed by atoms with E-state index < -0.39 is 10.1 Å². The Labute approximate surface area is 190 Å². The monoisotopic (exact) mass is 451 g/mol. The van der Waals surface area contributed by atoms with Crippen LogP contribution in [0, 0.1) is 12.8 Å². The molecule has 0 saturated carbocycles. The molecule has 0 aromatic heterocycles. The Morgan fingerprint density at radius 2 is 1.62 bits per heavy atom. The summed E-state index contributed by atoms with van der Waals surface area (Å²) in [6, 6.07) is 25.2. The van der Waals surface area contributed by atoms with Crippen molar-refractivity contribution in [1.82, 2.24) is 4.90 Å². The number of nitrogens with zero attached hydrogens (tertiary/aromatic N) is 1. The molecule has 2 atom stereocenters. The molecule has 3 aromatic carbocycles. The number of hydrogen-bond acceptors (Lipinski definition) is 5. The van der Waals surface area contributed by atoms with E-state index in [1.54, 1.807) is 31.4 Å². The van der Waals surface area contributed by atoms with Gasteiger partial charge in [-0.3, -0.25) is 9.08 Å². The third-order valence-electron chi connectivity index (χ3n) is 6.06. The maximum Gasteiger partial charge on any atom is 0.296 e. The smallest absolute Gasteiger partial charge is 0.296 e. The van der Waals surface area contributed by atoms with Crippen LogP contribution in [0.15, 0.2) is 83.8 Å². The number of methoxy groups -OCH3 is 1. The van der Waals surface area contributed by atoms with Crippen LogP contribution in [-0.4, -0.2) is 33.6 Å². The molecule has 0 aliphatic carbocycles. The summed E-state index contributed by atoms with van der Waals surface area (Å²) in [5.74, 6) is 0.864. The maximum atomic E-state index is 12.7. The Morgan fingerprint density at radius 3 is 2.28 bits per heavy atom. The van der Waals surface area contributed by atoms with Crippen LogP contribution in [0.25, 0.3) is 0 Å². The van der Waals surface area contributed by atoms with Gasteiger partial charge in [0.1, 0.15) is 5.75 Å². The first-order valence-corrected chi connectivity index (χ1v) is 12.2. The summed E-state index contributed by atoms with van der Waals surface area (Å²) in [5, 5.41) is 0. The van der Waals surface area contributed by atoms with E-state index in [4.69, 9.17) is 8.92 Å². The Morgan fingerprint density at radius 1 is 0.938 bits per heavy atom. The molecule has 3 aromatic rings. The van der Waals surface area contributed by atoms with E-state index in [-0.39, 0.29) is 23.5 Å². The van der Waals surface area contributed by atoms with Crippen molar-refractivity contribution >= 4 is 10.1 Å². The first-order valence-electron chi connectivity index (χ1n) is 10.8. The molecule has 32 heavy (non-hydrogen) atoms. The van der Waals surface area contributed by atoms with Gasteiger partial charge in [-0.2, -0.15) is 8.42 Å². The molecule has 168 valence electrons. The highest BCUT2D eigenvalue weighted by molar-refractivity contribution is 7.86. The minimum Gasteiger partial charge on any atom is -0.497 e. The van der Waals surface area contributed by atoms with Gasteiger partial charge in [-0.05, 0) is 55.3 Å². The summed E-state index contributed by atoms with van der Waals surface area (Å²) in [7, 11) is -2.14. The molecular weight excluding hydrogens is 422 g/mol. The first-order chi connectivity index (χ1) is 15.5. The van der Waals surface area contributed by atoms with Crippen LogP contribution in [0.1, 0.15) is 29.2 Å². The van der Waals surface area contributed by atoms with Gasteiger partial charge >= 0.3 is 0 Å². The summed E-state index contributed by atoms with van der Waals surface area (Å²) in [6.45, 7) is 3.76. The number of hydrogen-bond donors (Lipinski definition) is 0. The molecule has 0 N–H and O–H groups in total. The van der Waals surface area contributed by atoms with Crippen molar-refractivity contribution in [2.45, 2.75) is 30.8 Å². The Hall–Kier alpha value is -2.67. The number of rotatable bonds is 8. The van der Waals surface area contributed by atoms with Crippen LogP contribution >= 0.6 is 0 Å². The van der Waals surface area contributed by atoms with Crippen molar-refractivity contribution in [2.24, 2.45) is 5.92 Å².